The Balaban J connectivity index is 0. The van der Waals surface area contributed by atoms with E-state index in [1.165, 1.54) is 12.2 Å². The van der Waals surface area contributed by atoms with Crippen molar-refractivity contribution in [2.45, 2.75) is 0 Å². The van der Waals surface area contributed by atoms with Gasteiger partial charge < -0.3 is 20.0 Å². The Morgan fingerprint density at radius 2 is 1.31 bits per heavy atom. The summed E-state index contributed by atoms with van der Waals surface area (Å²) in [6, 6.07) is 0. The molecule has 0 aliphatic carbocycles. The van der Waals surface area contributed by atoms with Gasteiger partial charge in [0.2, 0.25) is 0 Å². The third-order valence-corrected chi connectivity index (χ3v) is 1.95. The molecular weight excluding hydrogens is 222 g/mol. The lowest BCUT2D eigenvalue weighted by Gasteiger charge is -1.86. The molecule has 0 rings (SSSR count). The van der Waals surface area contributed by atoms with Gasteiger partial charge in [0, 0.05) is 0 Å². The van der Waals surface area contributed by atoms with Crippen molar-refractivity contribution >= 4 is 16.5 Å². The Kier molecular flexibility index (Phi) is 14.3. The molecule has 0 aromatic carbocycles. The molecule has 0 fully saturated rings. The zero-order valence-corrected chi connectivity index (χ0v) is 8.58. The molecule has 0 aromatic rings. The highest BCUT2D eigenvalue weighted by atomic mass is 31.2. The van der Waals surface area contributed by atoms with Crippen molar-refractivity contribution in [3.63, 3.8) is 0 Å². The molecule has 2 unspecified atom stereocenters. The van der Waals surface area contributed by atoms with Gasteiger partial charge in [0.05, 0.1) is 13.2 Å². The second kappa shape index (κ2) is 12.0. The Bertz CT molecular complexity index is 161. The van der Waals surface area contributed by atoms with Gasteiger partial charge in [-0.3, -0.25) is 9.13 Å². The maximum Gasteiger partial charge on any atom is 0.323 e. The van der Waals surface area contributed by atoms with E-state index in [4.69, 9.17) is 20.0 Å². The number of hydrogen-bond donors (Lipinski definition) is 4. The molecule has 0 aromatic heterocycles. The molecule has 0 bridgehead atoms. The zero-order valence-electron chi connectivity index (χ0n) is 6.58. The summed E-state index contributed by atoms with van der Waals surface area (Å²) in [6.07, 6.45) is 2.97. The molecule has 7 nitrogen and oxygen atoms in total. The molecule has 0 amide bonds. The first-order chi connectivity index (χ1) is 6.04. The minimum absolute atomic E-state index is 0.0144. The van der Waals surface area contributed by atoms with Crippen molar-refractivity contribution in [2.75, 3.05) is 13.2 Å². The van der Waals surface area contributed by atoms with Crippen LogP contribution < -0.4 is 0 Å². The van der Waals surface area contributed by atoms with Gasteiger partial charge in [-0.2, -0.15) is 0 Å². The Labute approximate surface area is 76.2 Å². The third-order valence-electron chi connectivity index (χ3n) is 0.552. The highest BCUT2D eigenvalue weighted by Crippen LogP contribution is 2.30. The molecular formula is C4H12O7P2. The van der Waals surface area contributed by atoms with Crippen molar-refractivity contribution < 1.29 is 33.4 Å². The summed E-state index contributed by atoms with van der Waals surface area (Å²) < 4.78 is 22.3. The van der Waals surface area contributed by atoms with Crippen LogP contribution >= 0.6 is 16.5 Å². The van der Waals surface area contributed by atoms with Crippen molar-refractivity contribution in [3.8, 4) is 0 Å². The zero-order chi connectivity index (χ0) is 10.7. The van der Waals surface area contributed by atoms with E-state index in [0.717, 1.165) is 0 Å². The first-order valence-electron chi connectivity index (χ1n) is 3.05. The summed E-state index contributed by atoms with van der Waals surface area (Å²) in [5, 5.41) is 16.0. The average molecular weight is 234 g/mol. The van der Waals surface area contributed by atoms with Gasteiger partial charge in [0.1, 0.15) is 0 Å². The van der Waals surface area contributed by atoms with Gasteiger partial charge in [0.15, 0.2) is 0 Å². The van der Waals surface area contributed by atoms with Crippen molar-refractivity contribution in [1.82, 2.24) is 0 Å². The van der Waals surface area contributed by atoms with Crippen LogP contribution in [0.1, 0.15) is 0 Å². The van der Waals surface area contributed by atoms with E-state index in [0.29, 0.717) is 0 Å². The fourth-order valence-electron chi connectivity index (χ4n) is 0.224. The Morgan fingerprint density at radius 3 is 1.38 bits per heavy atom. The maximum absolute atomic E-state index is 9.44. The largest absolute Gasteiger partial charge is 0.392 e. The molecule has 0 saturated carbocycles. The second-order valence-electron chi connectivity index (χ2n) is 1.47. The summed E-state index contributed by atoms with van der Waals surface area (Å²) in [7, 11) is -6.40. The highest BCUT2D eigenvalue weighted by molar-refractivity contribution is 7.46. The fraction of sp³-hybridized carbons (Fsp3) is 0.500. The van der Waals surface area contributed by atoms with Crippen molar-refractivity contribution in [2.24, 2.45) is 0 Å². The van der Waals surface area contributed by atoms with Gasteiger partial charge in [-0.05, 0) is 0 Å². The van der Waals surface area contributed by atoms with E-state index < -0.39 is 16.5 Å². The number of hydrogen-bond acceptors (Lipinski definition) is 5. The van der Waals surface area contributed by atoms with Crippen molar-refractivity contribution in [3.05, 3.63) is 12.2 Å². The average Bonchev–Trinajstić information content (AvgIpc) is 1.99. The number of rotatable bonds is 4. The van der Waals surface area contributed by atoms with Crippen LogP contribution in [0.15, 0.2) is 12.2 Å². The van der Waals surface area contributed by atoms with E-state index in [1.54, 1.807) is 0 Å². The lowest BCUT2D eigenvalue weighted by atomic mass is 10.5. The van der Waals surface area contributed by atoms with Crippen LogP contribution in [0, 0.1) is 0 Å². The lowest BCUT2D eigenvalue weighted by Crippen LogP contribution is -1.74. The minimum atomic E-state index is -3.20. The van der Waals surface area contributed by atoms with Crippen LogP contribution in [0.4, 0.5) is 0 Å². The minimum Gasteiger partial charge on any atom is -0.392 e. The first-order valence-corrected chi connectivity index (χ1v) is 5.57. The van der Waals surface area contributed by atoms with Gasteiger partial charge in [0.25, 0.3) is 0 Å². The quantitative estimate of drug-likeness (QED) is 0.374. The molecule has 0 spiro atoms. The van der Waals surface area contributed by atoms with Crippen LogP contribution in [0.25, 0.3) is 0 Å². The van der Waals surface area contributed by atoms with Crippen LogP contribution in [0.3, 0.4) is 0 Å². The standard InChI is InChI=1S/C4H8O2.H4O5P2/c5-3-1-2-4-6;1-6(2)5-7(3)4/h1-2,5-6H,3-4H2;6-7H,(H,1,2)(H,3,4). The summed E-state index contributed by atoms with van der Waals surface area (Å²) in [5.74, 6) is 0. The summed E-state index contributed by atoms with van der Waals surface area (Å²) in [4.78, 5) is 15.4. The molecule has 9 heteroatoms. The molecule has 0 radical (unpaired) electrons. The van der Waals surface area contributed by atoms with Gasteiger partial charge >= 0.3 is 16.5 Å². The molecule has 80 valence electrons. The van der Waals surface area contributed by atoms with Crippen LogP contribution in [0.2, 0.25) is 0 Å². The number of aliphatic hydroxyl groups is 2. The number of aliphatic hydroxyl groups excluding tert-OH is 2. The smallest absolute Gasteiger partial charge is 0.323 e. The Hall–Kier alpha value is -0.0000000000000000208. The van der Waals surface area contributed by atoms with Crippen LogP contribution in [-0.4, -0.2) is 33.2 Å². The normalized spacial score (nSPS) is 14.8. The summed E-state index contributed by atoms with van der Waals surface area (Å²) in [5.41, 5.74) is 0. The lowest BCUT2D eigenvalue weighted by molar-refractivity contribution is 0.329. The predicted molar refractivity (Wildman–Crippen MR) is 46.8 cm³/mol. The summed E-state index contributed by atoms with van der Waals surface area (Å²) in [6.45, 7) is 0.0289. The van der Waals surface area contributed by atoms with Gasteiger partial charge in [-0.25, -0.2) is 4.31 Å². The van der Waals surface area contributed by atoms with E-state index >= 15 is 0 Å². The molecule has 0 heterocycles. The van der Waals surface area contributed by atoms with Gasteiger partial charge in [-0.15, -0.1) is 0 Å². The molecule has 13 heavy (non-hydrogen) atoms. The summed E-state index contributed by atoms with van der Waals surface area (Å²) >= 11 is 0. The molecule has 2 atom stereocenters. The van der Waals surface area contributed by atoms with Crippen LogP contribution in [0.5, 0.6) is 0 Å². The Morgan fingerprint density at radius 1 is 1.00 bits per heavy atom. The third kappa shape index (κ3) is 24.5. The topological polar surface area (TPSA) is 124 Å². The first kappa shape index (κ1) is 15.5. The van der Waals surface area contributed by atoms with E-state index in [2.05, 4.69) is 4.31 Å². The molecule has 4 N–H and O–H groups in total. The highest BCUT2D eigenvalue weighted by Gasteiger charge is 1.93. The van der Waals surface area contributed by atoms with E-state index in [1.807, 2.05) is 0 Å². The predicted octanol–water partition coefficient (Wildman–Crippen LogP) is -0.706. The van der Waals surface area contributed by atoms with Crippen LogP contribution in [-0.2, 0) is 13.4 Å². The molecule has 0 aliphatic rings. The van der Waals surface area contributed by atoms with E-state index in [-0.39, 0.29) is 13.2 Å². The SMILES string of the molecule is O=[PH](O)O[PH](=O)O.OCC=CCO. The fourth-order valence-corrected chi connectivity index (χ4v) is 0.821. The monoisotopic (exact) mass is 234 g/mol. The van der Waals surface area contributed by atoms with E-state index in [9.17, 15) is 9.13 Å². The van der Waals surface area contributed by atoms with Gasteiger partial charge in [-0.1, -0.05) is 12.2 Å². The molecule has 0 aliphatic heterocycles. The maximum atomic E-state index is 9.44. The van der Waals surface area contributed by atoms with Crippen molar-refractivity contribution in [1.29, 1.82) is 0 Å². The second-order valence-corrected chi connectivity index (χ2v) is 3.35. The molecule has 0 saturated heterocycles.